The second kappa shape index (κ2) is 10.3. The average molecular weight is 516 g/mol. The van der Waals surface area contributed by atoms with Gasteiger partial charge in [-0.15, -0.1) is 0 Å². The Kier molecular flexibility index (Phi) is 7.33. The number of amides is 3. The van der Waals surface area contributed by atoms with E-state index in [1.807, 2.05) is 19.9 Å². The number of nitrogens with one attached hydrogen (secondary N) is 2. The number of carbonyl (C=O) groups excluding carboxylic acids is 3. The minimum Gasteiger partial charge on any atom is -0.369 e. The summed E-state index contributed by atoms with van der Waals surface area (Å²) < 4.78 is 0. The van der Waals surface area contributed by atoms with Crippen molar-refractivity contribution in [2.24, 2.45) is 11.7 Å². The van der Waals surface area contributed by atoms with Gasteiger partial charge in [0.1, 0.15) is 5.82 Å². The molecule has 4 N–H and O–H groups in total. The van der Waals surface area contributed by atoms with Gasteiger partial charge in [0.05, 0.1) is 33.6 Å². The summed E-state index contributed by atoms with van der Waals surface area (Å²) in [6, 6.07) is 9.28. The van der Waals surface area contributed by atoms with Crippen LogP contribution < -0.4 is 11.1 Å². The predicted molar refractivity (Wildman–Crippen MR) is 135 cm³/mol. The third-order valence-electron chi connectivity index (χ3n) is 6.51. The normalized spacial score (nSPS) is 17.4. The Labute approximate surface area is 213 Å². The standard InChI is InChI=1S/C25H27Cl2N5O3/c1-3-16(22(28)33)21-5-4-10-32(21)25(35)17-8-6-14(11-18(17)27)24(34)29-13(2)23-30-19-9-7-15(26)12-20(19)31-23/h6-9,11-13,16,21H,3-5,10H2,1-2H3,(H2,28,33)(H,29,34)(H,30,31)/t13-,16?,21+/m0/s1. The second-order valence-corrected chi connectivity index (χ2v) is 9.64. The zero-order valence-electron chi connectivity index (χ0n) is 19.5. The number of fused-ring (bicyclic) bond motifs is 1. The monoisotopic (exact) mass is 515 g/mol. The van der Waals surface area contributed by atoms with Gasteiger partial charge in [-0.25, -0.2) is 4.98 Å². The Morgan fingerprint density at radius 3 is 2.69 bits per heavy atom. The first-order valence-corrected chi connectivity index (χ1v) is 12.3. The van der Waals surface area contributed by atoms with E-state index in [1.165, 1.54) is 6.07 Å². The third-order valence-corrected chi connectivity index (χ3v) is 7.06. The topological polar surface area (TPSA) is 121 Å². The number of halogens is 2. The molecule has 2 aromatic carbocycles. The summed E-state index contributed by atoms with van der Waals surface area (Å²) in [5, 5.41) is 3.64. The molecule has 1 aliphatic heterocycles. The lowest BCUT2D eigenvalue weighted by Crippen LogP contribution is -2.44. The molecular formula is C25H27Cl2N5O3. The number of hydrogen-bond donors (Lipinski definition) is 3. The second-order valence-electron chi connectivity index (χ2n) is 8.80. The van der Waals surface area contributed by atoms with Gasteiger partial charge < -0.3 is 20.9 Å². The summed E-state index contributed by atoms with van der Waals surface area (Å²) in [4.78, 5) is 47.3. The van der Waals surface area contributed by atoms with Gasteiger partial charge in [-0.1, -0.05) is 30.1 Å². The highest BCUT2D eigenvalue weighted by Crippen LogP contribution is 2.30. The zero-order valence-corrected chi connectivity index (χ0v) is 21.0. The number of imidazole rings is 1. The average Bonchev–Trinajstić information content (AvgIpc) is 3.46. The number of nitrogens with zero attached hydrogens (tertiary/aromatic N) is 2. The quantitative estimate of drug-likeness (QED) is 0.429. The van der Waals surface area contributed by atoms with E-state index in [2.05, 4.69) is 15.3 Å². The highest BCUT2D eigenvalue weighted by atomic mass is 35.5. The number of benzene rings is 2. The number of aromatic amines is 1. The Bertz CT molecular complexity index is 1290. The number of likely N-dealkylation sites (tertiary alicyclic amines) is 1. The minimum atomic E-state index is -0.406. The van der Waals surface area contributed by atoms with E-state index in [1.54, 1.807) is 29.2 Å². The molecule has 3 aromatic rings. The van der Waals surface area contributed by atoms with Crippen LogP contribution in [0.4, 0.5) is 0 Å². The van der Waals surface area contributed by atoms with Gasteiger partial charge in [0.2, 0.25) is 5.91 Å². The minimum absolute atomic E-state index is 0.173. The molecule has 1 aliphatic rings. The number of hydrogen-bond acceptors (Lipinski definition) is 4. The highest BCUT2D eigenvalue weighted by molar-refractivity contribution is 6.34. The maximum Gasteiger partial charge on any atom is 0.255 e. The fourth-order valence-corrected chi connectivity index (χ4v) is 5.09. The van der Waals surface area contributed by atoms with E-state index in [9.17, 15) is 14.4 Å². The van der Waals surface area contributed by atoms with Crippen LogP contribution in [0.25, 0.3) is 11.0 Å². The van der Waals surface area contributed by atoms with Gasteiger partial charge in [-0.3, -0.25) is 14.4 Å². The van der Waals surface area contributed by atoms with Gasteiger partial charge in [-0.2, -0.15) is 0 Å². The van der Waals surface area contributed by atoms with E-state index >= 15 is 0 Å². The number of rotatable bonds is 7. The van der Waals surface area contributed by atoms with Crippen LogP contribution in [0.2, 0.25) is 10.0 Å². The third kappa shape index (κ3) is 5.13. The summed E-state index contributed by atoms with van der Waals surface area (Å²) >= 11 is 12.5. The van der Waals surface area contributed by atoms with Crippen LogP contribution in [0.3, 0.4) is 0 Å². The van der Waals surface area contributed by atoms with Crippen LogP contribution >= 0.6 is 23.2 Å². The van der Waals surface area contributed by atoms with Crippen LogP contribution in [-0.2, 0) is 4.79 Å². The molecule has 3 amide bonds. The molecule has 0 spiro atoms. The lowest BCUT2D eigenvalue weighted by atomic mass is 9.94. The van der Waals surface area contributed by atoms with Gasteiger partial charge in [0.25, 0.3) is 11.8 Å². The lowest BCUT2D eigenvalue weighted by molar-refractivity contribution is -0.123. The Hall–Kier alpha value is -3.10. The largest absolute Gasteiger partial charge is 0.369 e. The molecule has 2 heterocycles. The van der Waals surface area contributed by atoms with Gasteiger partial charge in [0.15, 0.2) is 0 Å². The van der Waals surface area contributed by atoms with Crippen LogP contribution in [0.15, 0.2) is 36.4 Å². The predicted octanol–water partition coefficient (Wildman–Crippen LogP) is 4.48. The molecule has 0 aliphatic carbocycles. The van der Waals surface area contributed by atoms with Crippen molar-refractivity contribution in [3.63, 3.8) is 0 Å². The molecule has 35 heavy (non-hydrogen) atoms. The molecule has 1 aromatic heterocycles. The molecule has 0 bridgehead atoms. The summed E-state index contributed by atoms with van der Waals surface area (Å²) in [6.45, 7) is 4.23. The van der Waals surface area contributed by atoms with Crippen molar-refractivity contribution in [2.45, 2.75) is 45.2 Å². The van der Waals surface area contributed by atoms with Gasteiger partial charge >= 0.3 is 0 Å². The van der Waals surface area contributed by atoms with Crippen molar-refractivity contribution >= 4 is 52.0 Å². The maximum absolute atomic E-state index is 13.2. The van der Waals surface area contributed by atoms with Crippen LogP contribution in [-0.4, -0.2) is 45.2 Å². The summed E-state index contributed by atoms with van der Waals surface area (Å²) in [5.74, 6) is -0.833. The molecule has 1 fully saturated rings. The van der Waals surface area contributed by atoms with E-state index in [-0.39, 0.29) is 28.4 Å². The lowest BCUT2D eigenvalue weighted by Gasteiger charge is -2.29. The zero-order chi connectivity index (χ0) is 25.3. The number of nitrogens with two attached hydrogens (primary N) is 1. The van der Waals surface area contributed by atoms with Crippen molar-refractivity contribution in [2.75, 3.05) is 6.54 Å². The van der Waals surface area contributed by atoms with Crippen molar-refractivity contribution in [1.29, 1.82) is 0 Å². The molecule has 3 atom stereocenters. The van der Waals surface area contributed by atoms with Crippen LogP contribution in [0.1, 0.15) is 65.7 Å². The Morgan fingerprint density at radius 2 is 2.00 bits per heavy atom. The number of carbonyl (C=O) groups is 3. The number of aromatic nitrogens is 2. The molecule has 0 radical (unpaired) electrons. The van der Waals surface area contributed by atoms with Gasteiger partial charge in [-0.05, 0) is 62.6 Å². The Morgan fingerprint density at radius 1 is 1.23 bits per heavy atom. The number of primary amides is 1. The maximum atomic E-state index is 13.2. The van der Waals surface area contributed by atoms with Crippen molar-refractivity contribution in [3.05, 3.63) is 63.4 Å². The highest BCUT2D eigenvalue weighted by Gasteiger charge is 2.37. The first-order chi connectivity index (χ1) is 16.7. The molecule has 1 unspecified atom stereocenters. The Balaban J connectivity index is 1.48. The molecule has 0 saturated carbocycles. The van der Waals surface area contributed by atoms with E-state index in [0.29, 0.717) is 34.9 Å². The first-order valence-electron chi connectivity index (χ1n) is 11.6. The van der Waals surface area contributed by atoms with Crippen molar-refractivity contribution in [1.82, 2.24) is 20.2 Å². The fourth-order valence-electron chi connectivity index (χ4n) is 4.66. The molecular weight excluding hydrogens is 489 g/mol. The van der Waals surface area contributed by atoms with Gasteiger partial charge in [0, 0.05) is 23.2 Å². The van der Waals surface area contributed by atoms with E-state index < -0.39 is 17.9 Å². The summed E-state index contributed by atoms with van der Waals surface area (Å²) in [7, 11) is 0. The molecule has 4 rings (SSSR count). The number of H-pyrrole nitrogens is 1. The smallest absolute Gasteiger partial charge is 0.255 e. The van der Waals surface area contributed by atoms with Crippen LogP contribution in [0, 0.1) is 5.92 Å². The molecule has 8 nitrogen and oxygen atoms in total. The SMILES string of the molecule is CCC(C(N)=O)[C@H]1CCCN1C(=O)c1ccc(C(=O)N[C@@H](C)c2nc3cc(Cl)ccc3[nH]2)cc1Cl. The summed E-state index contributed by atoms with van der Waals surface area (Å²) in [6.07, 6.45) is 2.08. The molecule has 1 saturated heterocycles. The molecule has 184 valence electrons. The van der Waals surface area contributed by atoms with E-state index in [0.717, 1.165) is 18.4 Å². The van der Waals surface area contributed by atoms with Crippen molar-refractivity contribution < 1.29 is 14.4 Å². The first kappa shape index (κ1) is 25.0. The fraction of sp³-hybridized carbons (Fsp3) is 0.360. The van der Waals surface area contributed by atoms with Crippen molar-refractivity contribution in [3.8, 4) is 0 Å². The van der Waals surface area contributed by atoms with Crippen LogP contribution in [0.5, 0.6) is 0 Å². The van der Waals surface area contributed by atoms with E-state index in [4.69, 9.17) is 28.9 Å². The summed E-state index contributed by atoms with van der Waals surface area (Å²) in [5.41, 5.74) is 7.70. The molecule has 10 heteroatoms.